The Morgan fingerprint density at radius 3 is 2.61 bits per heavy atom. The van der Waals surface area contributed by atoms with E-state index < -0.39 is 0 Å². The van der Waals surface area contributed by atoms with E-state index in [-0.39, 0.29) is 5.54 Å². The van der Waals surface area contributed by atoms with E-state index in [2.05, 4.69) is 35.8 Å². The molecule has 2 fully saturated rings. The molecule has 18 heavy (non-hydrogen) atoms. The van der Waals surface area contributed by atoms with Gasteiger partial charge < -0.3 is 10.6 Å². The molecule has 0 radical (unpaired) electrons. The number of fused-ring (bicyclic) bond motifs is 1. The van der Waals surface area contributed by atoms with Crippen LogP contribution in [0.4, 0.5) is 0 Å². The summed E-state index contributed by atoms with van der Waals surface area (Å²) in [5.41, 5.74) is 6.43. The number of likely N-dealkylation sites (N-methyl/N-ethyl adjacent to an activating group) is 2. The smallest absolute Gasteiger partial charge is 0.0496 e. The fourth-order valence-corrected chi connectivity index (χ4v) is 3.78. The molecule has 0 aromatic heterocycles. The van der Waals surface area contributed by atoms with Crippen LogP contribution in [-0.4, -0.2) is 80.1 Å². The summed E-state index contributed by atoms with van der Waals surface area (Å²) in [6, 6.07) is 0.698. The highest BCUT2D eigenvalue weighted by molar-refractivity contribution is 5.08. The SMILES string of the molecule is CN(C)CCN(C)C1(CN)CCN2CCCCC21. The van der Waals surface area contributed by atoms with Crippen LogP contribution in [0, 0.1) is 0 Å². The lowest BCUT2D eigenvalue weighted by molar-refractivity contribution is 0.0524. The van der Waals surface area contributed by atoms with Crippen molar-refractivity contribution in [3.63, 3.8) is 0 Å². The third-order valence-corrected chi connectivity index (χ3v) is 5.06. The van der Waals surface area contributed by atoms with Crippen LogP contribution in [0.1, 0.15) is 25.7 Å². The Morgan fingerprint density at radius 1 is 1.17 bits per heavy atom. The summed E-state index contributed by atoms with van der Waals surface area (Å²) >= 11 is 0. The van der Waals surface area contributed by atoms with Crippen molar-refractivity contribution in [3.05, 3.63) is 0 Å². The third-order valence-electron chi connectivity index (χ3n) is 5.06. The zero-order valence-electron chi connectivity index (χ0n) is 12.4. The van der Waals surface area contributed by atoms with E-state index >= 15 is 0 Å². The molecular weight excluding hydrogens is 224 g/mol. The van der Waals surface area contributed by atoms with E-state index in [1.807, 2.05) is 0 Å². The van der Waals surface area contributed by atoms with Crippen molar-refractivity contribution in [1.29, 1.82) is 0 Å². The van der Waals surface area contributed by atoms with Gasteiger partial charge in [-0.2, -0.15) is 0 Å². The minimum Gasteiger partial charge on any atom is -0.329 e. The lowest BCUT2D eigenvalue weighted by Crippen LogP contribution is -2.61. The molecule has 2 N–H and O–H groups in total. The Morgan fingerprint density at radius 2 is 1.94 bits per heavy atom. The molecule has 4 heteroatoms. The molecule has 0 aromatic carbocycles. The molecule has 2 aliphatic heterocycles. The van der Waals surface area contributed by atoms with Crippen LogP contribution in [-0.2, 0) is 0 Å². The van der Waals surface area contributed by atoms with Crippen molar-refractivity contribution >= 4 is 0 Å². The number of nitrogens with zero attached hydrogens (tertiary/aromatic N) is 3. The molecule has 0 bridgehead atoms. The average Bonchev–Trinajstić information content (AvgIpc) is 2.76. The maximum Gasteiger partial charge on any atom is 0.0496 e. The van der Waals surface area contributed by atoms with Gasteiger partial charge in [-0.15, -0.1) is 0 Å². The Kier molecular flexibility index (Phi) is 4.64. The minimum absolute atomic E-state index is 0.233. The van der Waals surface area contributed by atoms with Gasteiger partial charge in [-0.3, -0.25) is 9.80 Å². The van der Waals surface area contributed by atoms with E-state index in [9.17, 15) is 0 Å². The van der Waals surface area contributed by atoms with Crippen molar-refractivity contribution in [3.8, 4) is 0 Å². The van der Waals surface area contributed by atoms with Crippen LogP contribution >= 0.6 is 0 Å². The molecule has 2 atom stereocenters. The van der Waals surface area contributed by atoms with Gasteiger partial charge in [-0.05, 0) is 47.0 Å². The summed E-state index contributed by atoms with van der Waals surface area (Å²) in [5.74, 6) is 0. The van der Waals surface area contributed by atoms with Gasteiger partial charge in [-0.25, -0.2) is 0 Å². The summed E-state index contributed by atoms with van der Waals surface area (Å²) in [4.78, 5) is 7.49. The van der Waals surface area contributed by atoms with Gasteiger partial charge >= 0.3 is 0 Å². The molecule has 4 nitrogen and oxygen atoms in total. The zero-order chi connectivity index (χ0) is 13.2. The van der Waals surface area contributed by atoms with Gasteiger partial charge in [0.25, 0.3) is 0 Å². The molecular formula is C14H30N4. The molecule has 0 amide bonds. The van der Waals surface area contributed by atoms with Crippen LogP contribution in [0.3, 0.4) is 0 Å². The van der Waals surface area contributed by atoms with Gasteiger partial charge in [0, 0.05) is 37.8 Å². The fourth-order valence-electron chi connectivity index (χ4n) is 3.78. The highest BCUT2D eigenvalue weighted by atomic mass is 15.3. The molecule has 0 spiro atoms. The Hall–Kier alpha value is -0.160. The lowest BCUT2D eigenvalue weighted by atomic mass is 9.84. The van der Waals surface area contributed by atoms with Crippen LogP contribution < -0.4 is 5.73 Å². The molecule has 2 rings (SSSR count). The standard InChI is InChI=1S/C14H30N4/c1-16(2)10-11-17(3)14(12-15)7-9-18-8-5-4-6-13(14)18/h13H,4-12,15H2,1-3H3. The molecule has 0 saturated carbocycles. The molecule has 0 aliphatic carbocycles. The van der Waals surface area contributed by atoms with Gasteiger partial charge in [0.15, 0.2) is 0 Å². The molecule has 2 aliphatic rings. The Bertz CT molecular complexity index is 269. The minimum atomic E-state index is 0.233. The zero-order valence-corrected chi connectivity index (χ0v) is 12.4. The van der Waals surface area contributed by atoms with Crippen LogP contribution in [0.15, 0.2) is 0 Å². The van der Waals surface area contributed by atoms with Crippen molar-refractivity contribution in [2.24, 2.45) is 5.73 Å². The molecule has 2 saturated heterocycles. The second kappa shape index (κ2) is 5.87. The van der Waals surface area contributed by atoms with Crippen LogP contribution in [0.2, 0.25) is 0 Å². The molecule has 0 aromatic rings. The Labute approximate surface area is 112 Å². The van der Waals surface area contributed by atoms with Crippen molar-refractivity contribution in [2.45, 2.75) is 37.3 Å². The first kappa shape index (κ1) is 14.3. The maximum atomic E-state index is 6.20. The molecule has 2 unspecified atom stereocenters. The highest BCUT2D eigenvalue weighted by Crippen LogP contribution is 2.38. The number of rotatable bonds is 5. The van der Waals surface area contributed by atoms with Crippen LogP contribution in [0.5, 0.6) is 0 Å². The topological polar surface area (TPSA) is 35.7 Å². The quantitative estimate of drug-likeness (QED) is 0.772. The van der Waals surface area contributed by atoms with Gasteiger partial charge in [0.1, 0.15) is 0 Å². The van der Waals surface area contributed by atoms with Crippen molar-refractivity contribution in [2.75, 3.05) is 53.9 Å². The van der Waals surface area contributed by atoms with Crippen molar-refractivity contribution < 1.29 is 0 Å². The number of hydrogen-bond donors (Lipinski definition) is 1. The van der Waals surface area contributed by atoms with Gasteiger partial charge in [-0.1, -0.05) is 6.42 Å². The summed E-state index contributed by atoms with van der Waals surface area (Å²) < 4.78 is 0. The van der Waals surface area contributed by atoms with E-state index in [4.69, 9.17) is 5.73 Å². The van der Waals surface area contributed by atoms with E-state index in [1.54, 1.807) is 0 Å². The summed E-state index contributed by atoms with van der Waals surface area (Å²) in [6.07, 6.45) is 5.34. The number of nitrogens with two attached hydrogens (primary N) is 1. The molecule has 106 valence electrons. The first-order valence-electron chi connectivity index (χ1n) is 7.40. The average molecular weight is 254 g/mol. The number of hydrogen-bond acceptors (Lipinski definition) is 4. The third kappa shape index (κ3) is 2.57. The highest BCUT2D eigenvalue weighted by Gasteiger charge is 2.49. The van der Waals surface area contributed by atoms with E-state index in [0.717, 1.165) is 19.6 Å². The van der Waals surface area contributed by atoms with Gasteiger partial charge in [0.05, 0.1) is 0 Å². The predicted octanol–water partition coefficient (Wildman–Crippen LogP) is 0.436. The first-order chi connectivity index (χ1) is 8.60. The Balaban J connectivity index is 2.05. The normalized spacial score (nSPS) is 33.3. The van der Waals surface area contributed by atoms with Crippen LogP contribution in [0.25, 0.3) is 0 Å². The lowest BCUT2D eigenvalue weighted by Gasteiger charge is -2.46. The largest absolute Gasteiger partial charge is 0.329 e. The van der Waals surface area contributed by atoms with E-state index in [0.29, 0.717) is 6.04 Å². The summed E-state index contributed by atoms with van der Waals surface area (Å²) in [7, 11) is 6.56. The summed E-state index contributed by atoms with van der Waals surface area (Å²) in [5, 5.41) is 0. The molecule has 2 heterocycles. The first-order valence-corrected chi connectivity index (χ1v) is 7.40. The fraction of sp³-hybridized carbons (Fsp3) is 1.00. The van der Waals surface area contributed by atoms with Gasteiger partial charge in [0.2, 0.25) is 0 Å². The second-order valence-corrected chi connectivity index (χ2v) is 6.33. The maximum absolute atomic E-state index is 6.20. The second-order valence-electron chi connectivity index (χ2n) is 6.33. The monoisotopic (exact) mass is 254 g/mol. The predicted molar refractivity (Wildman–Crippen MR) is 76.8 cm³/mol. The van der Waals surface area contributed by atoms with E-state index in [1.165, 1.54) is 38.8 Å². The number of piperidine rings is 1. The van der Waals surface area contributed by atoms with Crippen molar-refractivity contribution in [1.82, 2.24) is 14.7 Å². The summed E-state index contributed by atoms with van der Waals surface area (Å²) in [6.45, 7) is 5.57.